The second-order valence-electron chi connectivity index (χ2n) is 2.96. The topological polar surface area (TPSA) is 0 Å². The molecule has 0 radical (unpaired) electrons. The van der Waals surface area contributed by atoms with Gasteiger partial charge in [0, 0.05) is 0 Å². The molecule has 0 unspecified atom stereocenters. The molecule has 0 fully saturated rings. The minimum absolute atomic E-state index is 0. The first-order chi connectivity index (χ1) is 4.70. The largest absolute Gasteiger partial charge is 0.0802 e. The van der Waals surface area contributed by atoms with Crippen molar-refractivity contribution in [1.82, 2.24) is 0 Å². The normalized spacial score (nSPS) is 17.2. The van der Waals surface area contributed by atoms with E-state index < -0.39 is 0 Å². The van der Waals surface area contributed by atoms with Crippen molar-refractivity contribution in [3.8, 4) is 0 Å². The molecule has 0 aromatic rings. The Morgan fingerprint density at radius 2 is 1.73 bits per heavy atom. The molecule has 0 spiro atoms. The maximum absolute atomic E-state index is 2.26. The van der Waals surface area contributed by atoms with E-state index in [0.717, 1.165) is 6.42 Å². The summed E-state index contributed by atoms with van der Waals surface area (Å²) >= 11 is 0. The summed E-state index contributed by atoms with van der Waals surface area (Å²) in [5.41, 5.74) is 4.23. The molecule has 0 N–H and O–H groups in total. The van der Waals surface area contributed by atoms with Gasteiger partial charge in [-0.25, -0.2) is 0 Å². The molecule has 0 heterocycles. The summed E-state index contributed by atoms with van der Waals surface area (Å²) < 4.78 is 0. The van der Waals surface area contributed by atoms with Crippen LogP contribution in [0.2, 0.25) is 0 Å². The van der Waals surface area contributed by atoms with Gasteiger partial charge in [-0.2, -0.15) is 0 Å². The maximum atomic E-state index is 2.26. The molecule has 0 aliphatic heterocycles. The number of allylic oxidation sites excluding steroid dienone is 6. The van der Waals surface area contributed by atoms with Crippen LogP contribution in [0.1, 0.15) is 34.6 Å². The lowest BCUT2D eigenvalue weighted by Gasteiger charge is -1.94. The molecular formula is C11H18. The minimum atomic E-state index is 0. The van der Waals surface area contributed by atoms with E-state index in [0.29, 0.717) is 0 Å². The molecule has 0 heteroatoms. The highest BCUT2D eigenvalue weighted by Crippen LogP contribution is 2.15. The molecule has 0 nitrogen and oxygen atoms in total. The molecule has 62 valence electrons. The predicted octanol–water partition coefficient (Wildman–Crippen LogP) is 3.87. The van der Waals surface area contributed by atoms with Crippen LogP contribution in [-0.2, 0) is 0 Å². The fraction of sp³-hybridized carbons (Fsp3) is 0.455. The number of rotatable bonds is 0. The van der Waals surface area contributed by atoms with Gasteiger partial charge in [0.15, 0.2) is 0 Å². The smallest absolute Gasteiger partial charge is 0.0135 e. The lowest BCUT2D eigenvalue weighted by Crippen LogP contribution is -1.74. The molecule has 0 amide bonds. The summed E-state index contributed by atoms with van der Waals surface area (Å²) in [6.45, 7) is 6.49. The Morgan fingerprint density at radius 1 is 1.09 bits per heavy atom. The third kappa shape index (κ3) is 2.75. The number of hydrogen-bond acceptors (Lipinski definition) is 0. The standard InChI is InChI=1S/C10H14.CH4/c1-8-5-4-6-9(2)10(3)7-8;/h4,6-7H,5H2,1-3H3;1H4. The van der Waals surface area contributed by atoms with Gasteiger partial charge in [-0.1, -0.05) is 31.2 Å². The second kappa shape index (κ2) is 4.17. The Bertz CT molecular complexity index is 214. The lowest BCUT2D eigenvalue weighted by atomic mass is 10.1. The molecule has 1 aliphatic rings. The Morgan fingerprint density at radius 3 is 2.36 bits per heavy atom. The van der Waals surface area contributed by atoms with Crippen LogP contribution in [0, 0.1) is 0 Å². The van der Waals surface area contributed by atoms with Crippen molar-refractivity contribution in [2.24, 2.45) is 0 Å². The quantitative estimate of drug-likeness (QED) is 0.492. The Labute approximate surface area is 70.3 Å². The second-order valence-corrected chi connectivity index (χ2v) is 2.96. The maximum Gasteiger partial charge on any atom is -0.0135 e. The van der Waals surface area contributed by atoms with E-state index >= 15 is 0 Å². The predicted molar refractivity (Wildman–Crippen MR) is 52.6 cm³/mol. The first-order valence-corrected chi connectivity index (χ1v) is 3.71. The summed E-state index contributed by atoms with van der Waals surface area (Å²) in [7, 11) is 0. The van der Waals surface area contributed by atoms with Crippen LogP contribution in [0.15, 0.2) is 34.9 Å². The first-order valence-electron chi connectivity index (χ1n) is 3.71. The number of hydrogen-bond donors (Lipinski definition) is 0. The summed E-state index contributed by atoms with van der Waals surface area (Å²) in [6, 6.07) is 0. The highest BCUT2D eigenvalue weighted by molar-refractivity contribution is 5.35. The average molecular weight is 150 g/mol. The van der Waals surface area contributed by atoms with E-state index in [9.17, 15) is 0 Å². The highest BCUT2D eigenvalue weighted by Gasteiger charge is 1.95. The fourth-order valence-electron chi connectivity index (χ4n) is 1.10. The molecule has 0 atom stereocenters. The molecule has 0 bridgehead atoms. The zero-order chi connectivity index (χ0) is 7.56. The molecule has 0 saturated heterocycles. The monoisotopic (exact) mass is 150 g/mol. The van der Waals surface area contributed by atoms with Gasteiger partial charge < -0.3 is 0 Å². The van der Waals surface area contributed by atoms with Gasteiger partial charge >= 0.3 is 0 Å². The van der Waals surface area contributed by atoms with Gasteiger partial charge in [-0.15, -0.1) is 0 Å². The van der Waals surface area contributed by atoms with E-state index in [4.69, 9.17) is 0 Å². The summed E-state index contributed by atoms with van der Waals surface area (Å²) in [6.07, 6.45) is 7.78. The molecular weight excluding hydrogens is 132 g/mol. The van der Waals surface area contributed by atoms with Gasteiger partial charge in [0.1, 0.15) is 0 Å². The average Bonchev–Trinajstić information content (AvgIpc) is 1.96. The van der Waals surface area contributed by atoms with Crippen molar-refractivity contribution in [2.75, 3.05) is 0 Å². The van der Waals surface area contributed by atoms with E-state index in [2.05, 4.69) is 39.0 Å². The van der Waals surface area contributed by atoms with Gasteiger partial charge in [-0.3, -0.25) is 0 Å². The van der Waals surface area contributed by atoms with E-state index in [1.165, 1.54) is 16.7 Å². The van der Waals surface area contributed by atoms with Crippen LogP contribution >= 0.6 is 0 Å². The SMILES string of the molecule is C.CC1=CC(C)=C(C)C=CC1. The first kappa shape index (κ1) is 10.2. The third-order valence-corrected chi connectivity index (χ3v) is 1.89. The van der Waals surface area contributed by atoms with Crippen LogP contribution in [0.4, 0.5) is 0 Å². The van der Waals surface area contributed by atoms with Crippen LogP contribution in [-0.4, -0.2) is 0 Å². The molecule has 1 aliphatic carbocycles. The van der Waals surface area contributed by atoms with Crippen molar-refractivity contribution >= 4 is 0 Å². The van der Waals surface area contributed by atoms with Crippen molar-refractivity contribution in [2.45, 2.75) is 34.6 Å². The molecule has 0 aromatic heterocycles. The van der Waals surface area contributed by atoms with Crippen molar-refractivity contribution in [3.63, 3.8) is 0 Å². The highest BCUT2D eigenvalue weighted by atomic mass is 14.0. The fourth-order valence-corrected chi connectivity index (χ4v) is 1.10. The summed E-state index contributed by atoms with van der Waals surface area (Å²) in [5, 5.41) is 0. The van der Waals surface area contributed by atoms with Crippen LogP contribution in [0.3, 0.4) is 0 Å². The van der Waals surface area contributed by atoms with Gasteiger partial charge in [0.25, 0.3) is 0 Å². The Hall–Kier alpha value is -0.780. The third-order valence-electron chi connectivity index (χ3n) is 1.89. The zero-order valence-corrected chi connectivity index (χ0v) is 6.94. The van der Waals surface area contributed by atoms with Crippen molar-refractivity contribution in [1.29, 1.82) is 0 Å². The molecule has 0 aromatic carbocycles. The van der Waals surface area contributed by atoms with Gasteiger partial charge in [0.2, 0.25) is 0 Å². The van der Waals surface area contributed by atoms with E-state index in [-0.39, 0.29) is 7.43 Å². The van der Waals surface area contributed by atoms with Crippen LogP contribution in [0.5, 0.6) is 0 Å². The minimum Gasteiger partial charge on any atom is -0.0802 e. The lowest BCUT2D eigenvalue weighted by molar-refractivity contribution is 1.21. The van der Waals surface area contributed by atoms with Crippen molar-refractivity contribution < 1.29 is 0 Å². The Kier molecular flexibility index (Phi) is 3.88. The van der Waals surface area contributed by atoms with Crippen LogP contribution in [0.25, 0.3) is 0 Å². The van der Waals surface area contributed by atoms with Crippen molar-refractivity contribution in [3.05, 3.63) is 34.9 Å². The zero-order valence-electron chi connectivity index (χ0n) is 6.94. The molecule has 11 heavy (non-hydrogen) atoms. The summed E-state index contributed by atoms with van der Waals surface area (Å²) in [5.74, 6) is 0. The van der Waals surface area contributed by atoms with E-state index in [1.54, 1.807) is 0 Å². The molecule has 1 rings (SSSR count). The van der Waals surface area contributed by atoms with Gasteiger partial charge in [0.05, 0.1) is 0 Å². The van der Waals surface area contributed by atoms with Gasteiger partial charge in [-0.05, 0) is 38.3 Å². The summed E-state index contributed by atoms with van der Waals surface area (Å²) in [4.78, 5) is 0. The van der Waals surface area contributed by atoms with Crippen LogP contribution < -0.4 is 0 Å². The Balaban J connectivity index is 0.000001000. The van der Waals surface area contributed by atoms with E-state index in [1.807, 2.05) is 0 Å². The molecule has 0 saturated carbocycles.